The number of nitrogens with zero attached hydrogens (tertiary/aromatic N) is 3. The third-order valence-corrected chi connectivity index (χ3v) is 4.92. The van der Waals surface area contributed by atoms with Crippen molar-refractivity contribution in [3.63, 3.8) is 0 Å². The van der Waals surface area contributed by atoms with E-state index in [4.69, 9.17) is 9.47 Å². The molecule has 8 heteroatoms. The van der Waals surface area contributed by atoms with Crippen LogP contribution in [-0.2, 0) is 18.4 Å². The predicted octanol–water partition coefficient (Wildman–Crippen LogP) is 1.53. The second kappa shape index (κ2) is 7.55. The van der Waals surface area contributed by atoms with E-state index in [2.05, 4.69) is 10.4 Å². The minimum atomic E-state index is -0.0665. The van der Waals surface area contributed by atoms with E-state index in [1.165, 1.54) is 0 Å². The number of carbonyl (C=O) groups excluding carboxylic acids is 1. The lowest BCUT2D eigenvalue weighted by Crippen LogP contribution is -2.35. The molecule has 2 aliphatic heterocycles. The number of halogens is 1. The van der Waals surface area contributed by atoms with E-state index in [1.54, 1.807) is 9.58 Å². The molecule has 140 valence electrons. The standard InChI is InChI=1S/C18H22N4O3.ClH/c1-21(9-12-3-4-16-17(5-12)25-11-24-16)18(23)15-8-19-7-14(15)13-6-20-22(2)10-13;/h3-6,10,14-15,19H,7-9,11H2,1-2H3;1H/t14-,15+;/m1./s1. The van der Waals surface area contributed by atoms with Crippen LogP contribution in [0.4, 0.5) is 0 Å². The van der Waals surface area contributed by atoms with Crippen molar-refractivity contribution in [2.45, 2.75) is 12.5 Å². The number of aryl methyl sites for hydroxylation is 1. The van der Waals surface area contributed by atoms with Gasteiger partial charge in [-0.1, -0.05) is 6.07 Å². The number of aromatic nitrogens is 2. The quantitative estimate of drug-likeness (QED) is 0.873. The summed E-state index contributed by atoms with van der Waals surface area (Å²) >= 11 is 0. The van der Waals surface area contributed by atoms with E-state index in [1.807, 2.05) is 44.7 Å². The van der Waals surface area contributed by atoms with Crippen LogP contribution in [0.25, 0.3) is 0 Å². The maximum absolute atomic E-state index is 13.0. The van der Waals surface area contributed by atoms with Gasteiger partial charge < -0.3 is 19.7 Å². The zero-order chi connectivity index (χ0) is 17.4. The predicted molar refractivity (Wildman–Crippen MR) is 98.6 cm³/mol. The number of amides is 1. The third kappa shape index (κ3) is 3.50. The fourth-order valence-electron chi connectivity index (χ4n) is 3.59. The van der Waals surface area contributed by atoms with Gasteiger partial charge in [-0.25, -0.2) is 0 Å². The maximum atomic E-state index is 13.0. The molecular formula is C18H23ClN4O3. The summed E-state index contributed by atoms with van der Waals surface area (Å²) in [5.74, 6) is 1.75. The molecule has 1 N–H and O–H groups in total. The first-order valence-electron chi connectivity index (χ1n) is 8.44. The van der Waals surface area contributed by atoms with Crippen LogP contribution in [0.5, 0.6) is 11.5 Å². The van der Waals surface area contributed by atoms with Crippen molar-refractivity contribution in [2.24, 2.45) is 13.0 Å². The van der Waals surface area contributed by atoms with Gasteiger partial charge in [0.1, 0.15) is 0 Å². The van der Waals surface area contributed by atoms with Gasteiger partial charge >= 0.3 is 0 Å². The highest BCUT2D eigenvalue weighted by Gasteiger charge is 2.36. The Morgan fingerprint density at radius 3 is 2.92 bits per heavy atom. The van der Waals surface area contributed by atoms with Gasteiger partial charge in [0.05, 0.1) is 12.1 Å². The summed E-state index contributed by atoms with van der Waals surface area (Å²) in [5.41, 5.74) is 2.14. The summed E-state index contributed by atoms with van der Waals surface area (Å²) in [4.78, 5) is 14.8. The number of fused-ring (bicyclic) bond motifs is 1. The largest absolute Gasteiger partial charge is 0.454 e. The van der Waals surface area contributed by atoms with E-state index in [-0.39, 0.29) is 36.9 Å². The van der Waals surface area contributed by atoms with E-state index in [0.29, 0.717) is 13.1 Å². The molecule has 0 aliphatic carbocycles. The van der Waals surface area contributed by atoms with Crippen molar-refractivity contribution in [1.29, 1.82) is 0 Å². The molecule has 0 bridgehead atoms. The molecule has 0 spiro atoms. The molecule has 0 unspecified atom stereocenters. The van der Waals surface area contributed by atoms with E-state index in [9.17, 15) is 4.79 Å². The molecule has 0 radical (unpaired) electrons. The molecule has 0 saturated carbocycles. The molecule has 1 aromatic heterocycles. The van der Waals surface area contributed by atoms with Crippen molar-refractivity contribution in [2.75, 3.05) is 26.9 Å². The number of nitrogens with one attached hydrogen (secondary N) is 1. The van der Waals surface area contributed by atoms with Gasteiger partial charge in [-0.2, -0.15) is 5.10 Å². The molecule has 1 aromatic carbocycles. The number of hydrogen-bond acceptors (Lipinski definition) is 5. The summed E-state index contributed by atoms with van der Waals surface area (Å²) in [6.07, 6.45) is 3.85. The minimum Gasteiger partial charge on any atom is -0.454 e. The van der Waals surface area contributed by atoms with Gasteiger partial charge in [-0.05, 0) is 23.3 Å². The molecule has 1 fully saturated rings. The second-order valence-corrected chi connectivity index (χ2v) is 6.70. The first-order valence-corrected chi connectivity index (χ1v) is 8.44. The first-order chi connectivity index (χ1) is 12.1. The van der Waals surface area contributed by atoms with Crippen molar-refractivity contribution < 1.29 is 14.3 Å². The Kier molecular flexibility index (Phi) is 5.38. The topological polar surface area (TPSA) is 68.6 Å². The lowest BCUT2D eigenvalue weighted by Gasteiger charge is -2.24. The van der Waals surface area contributed by atoms with E-state index in [0.717, 1.165) is 29.2 Å². The maximum Gasteiger partial charge on any atom is 0.231 e. The smallest absolute Gasteiger partial charge is 0.231 e. The van der Waals surface area contributed by atoms with Crippen LogP contribution >= 0.6 is 12.4 Å². The Labute approximate surface area is 158 Å². The average Bonchev–Trinajstić information content (AvgIpc) is 3.33. The van der Waals surface area contributed by atoms with Gasteiger partial charge in [0, 0.05) is 45.8 Å². The van der Waals surface area contributed by atoms with Crippen LogP contribution in [0.1, 0.15) is 17.0 Å². The van der Waals surface area contributed by atoms with Crippen molar-refractivity contribution in [3.05, 3.63) is 41.7 Å². The fourth-order valence-corrected chi connectivity index (χ4v) is 3.59. The Balaban J connectivity index is 0.00000196. The summed E-state index contributed by atoms with van der Waals surface area (Å²) in [5, 5.41) is 7.58. The first kappa shape index (κ1) is 18.5. The summed E-state index contributed by atoms with van der Waals surface area (Å²) in [6.45, 7) is 2.31. The van der Waals surface area contributed by atoms with Crippen molar-refractivity contribution in [1.82, 2.24) is 20.0 Å². The highest BCUT2D eigenvalue weighted by molar-refractivity contribution is 5.85. The van der Waals surface area contributed by atoms with Crippen LogP contribution in [-0.4, -0.2) is 47.5 Å². The SMILES string of the molecule is CN(Cc1ccc2c(c1)OCO2)C(=O)[C@H]1CNC[C@@H]1c1cnn(C)c1.Cl. The van der Waals surface area contributed by atoms with Crippen LogP contribution < -0.4 is 14.8 Å². The molecule has 26 heavy (non-hydrogen) atoms. The van der Waals surface area contributed by atoms with Gasteiger partial charge in [0.2, 0.25) is 12.7 Å². The van der Waals surface area contributed by atoms with E-state index >= 15 is 0 Å². The van der Waals surface area contributed by atoms with Crippen LogP contribution in [0.2, 0.25) is 0 Å². The Hall–Kier alpha value is -2.25. The zero-order valence-corrected chi connectivity index (χ0v) is 15.7. The highest BCUT2D eigenvalue weighted by atomic mass is 35.5. The molecule has 2 atom stereocenters. The summed E-state index contributed by atoms with van der Waals surface area (Å²) in [7, 11) is 3.75. The third-order valence-electron chi connectivity index (χ3n) is 4.92. The van der Waals surface area contributed by atoms with Crippen molar-refractivity contribution in [3.8, 4) is 11.5 Å². The van der Waals surface area contributed by atoms with Crippen LogP contribution in [0.15, 0.2) is 30.6 Å². The average molecular weight is 379 g/mol. The second-order valence-electron chi connectivity index (χ2n) is 6.70. The number of carbonyl (C=O) groups is 1. The van der Waals surface area contributed by atoms with Gasteiger partial charge in [0.25, 0.3) is 0 Å². The van der Waals surface area contributed by atoms with Crippen LogP contribution in [0, 0.1) is 5.92 Å². The lowest BCUT2D eigenvalue weighted by atomic mass is 9.90. The molecule has 2 aliphatic rings. The molecular weight excluding hydrogens is 356 g/mol. The Morgan fingerprint density at radius 1 is 1.35 bits per heavy atom. The number of hydrogen-bond donors (Lipinski definition) is 1. The monoisotopic (exact) mass is 378 g/mol. The molecule has 3 heterocycles. The summed E-state index contributed by atoms with van der Waals surface area (Å²) in [6, 6.07) is 5.81. The van der Waals surface area contributed by atoms with Gasteiger partial charge in [-0.3, -0.25) is 9.48 Å². The number of ether oxygens (including phenoxy) is 2. The normalized spacial score (nSPS) is 20.7. The van der Waals surface area contributed by atoms with E-state index < -0.39 is 0 Å². The van der Waals surface area contributed by atoms with Crippen LogP contribution in [0.3, 0.4) is 0 Å². The lowest BCUT2D eigenvalue weighted by molar-refractivity contribution is -0.134. The van der Waals surface area contributed by atoms with Gasteiger partial charge in [-0.15, -0.1) is 12.4 Å². The molecule has 7 nitrogen and oxygen atoms in total. The zero-order valence-electron chi connectivity index (χ0n) is 14.8. The van der Waals surface area contributed by atoms with Gasteiger partial charge in [0.15, 0.2) is 11.5 Å². The molecule has 1 saturated heterocycles. The Morgan fingerprint density at radius 2 is 2.15 bits per heavy atom. The summed E-state index contributed by atoms with van der Waals surface area (Å²) < 4.78 is 12.5. The number of rotatable bonds is 4. The molecule has 4 rings (SSSR count). The highest BCUT2D eigenvalue weighted by Crippen LogP contribution is 2.33. The molecule has 2 aromatic rings. The minimum absolute atomic E-state index is 0. The fraction of sp³-hybridized carbons (Fsp3) is 0.444. The Bertz CT molecular complexity index is 794. The van der Waals surface area contributed by atoms with Crippen molar-refractivity contribution >= 4 is 18.3 Å². The number of benzene rings is 1. The molecule has 1 amide bonds.